The molecule has 0 aromatic heterocycles. The summed E-state index contributed by atoms with van der Waals surface area (Å²) < 4.78 is 0. The molecular weight excluding hydrogens is 172 g/mol. The molecule has 0 heterocycles. The van der Waals surface area contributed by atoms with Crippen LogP contribution in [0.2, 0.25) is 0 Å². The number of rotatable bonds is 3. The summed E-state index contributed by atoms with van der Waals surface area (Å²) >= 11 is 0. The summed E-state index contributed by atoms with van der Waals surface area (Å²) in [5, 5.41) is 6.94. The molecule has 0 bridgehead atoms. The van der Waals surface area contributed by atoms with Crippen LogP contribution in [0.4, 0.5) is 0 Å². The van der Waals surface area contributed by atoms with Gasteiger partial charge < -0.3 is 11.1 Å². The van der Waals surface area contributed by atoms with E-state index in [1.807, 2.05) is 12.1 Å². The van der Waals surface area contributed by atoms with Gasteiger partial charge in [0, 0.05) is 11.9 Å². The van der Waals surface area contributed by atoms with E-state index in [9.17, 15) is 0 Å². The minimum atomic E-state index is 0.503. The van der Waals surface area contributed by atoms with Gasteiger partial charge in [-0.1, -0.05) is 32.0 Å². The summed E-state index contributed by atoms with van der Waals surface area (Å²) in [6.07, 6.45) is 2.80. The van der Waals surface area contributed by atoms with Crippen LogP contribution in [0.5, 0.6) is 0 Å². The summed E-state index contributed by atoms with van der Waals surface area (Å²) in [5.41, 5.74) is 8.68. The molecule has 0 aliphatic carbocycles. The van der Waals surface area contributed by atoms with Crippen LogP contribution >= 0.6 is 0 Å². The fraction of sp³-hybridized carbons (Fsp3) is 0.250. The Morgan fingerprint density at radius 1 is 1.43 bits per heavy atom. The third kappa shape index (κ3) is 2.46. The first kappa shape index (κ1) is 10.5. The number of nitrogens with two attached hydrogens (primary N) is 1. The van der Waals surface area contributed by atoms with Gasteiger partial charge in [0.15, 0.2) is 0 Å². The predicted octanol–water partition coefficient (Wildman–Crippen LogP) is 2.76. The monoisotopic (exact) mass is 188 g/mol. The predicted molar refractivity (Wildman–Crippen MR) is 61.5 cm³/mol. The molecule has 0 atom stereocenters. The van der Waals surface area contributed by atoms with Crippen molar-refractivity contribution in [3.05, 3.63) is 41.5 Å². The van der Waals surface area contributed by atoms with Gasteiger partial charge in [0.05, 0.1) is 0 Å². The molecule has 0 radical (unpaired) electrons. The Kier molecular flexibility index (Phi) is 3.46. The fourth-order valence-corrected chi connectivity index (χ4v) is 1.26. The quantitative estimate of drug-likeness (QED) is 0.704. The van der Waals surface area contributed by atoms with Crippen molar-refractivity contribution in [1.82, 2.24) is 0 Å². The van der Waals surface area contributed by atoms with Crippen molar-refractivity contribution in [2.75, 3.05) is 0 Å². The molecular formula is C12H16N2. The van der Waals surface area contributed by atoms with E-state index < -0.39 is 0 Å². The largest absolute Gasteiger partial charge is 0.398 e. The Morgan fingerprint density at radius 3 is 2.71 bits per heavy atom. The molecule has 2 nitrogen and oxygen atoms in total. The van der Waals surface area contributed by atoms with Crippen LogP contribution in [0.1, 0.15) is 30.9 Å². The molecule has 3 N–H and O–H groups in total. The summed E-state index contributed by atoms with van der Waals surface area (Å²) in [6, 6.07) is 8.11. The Morgan fingerprint density at radius 2 is 2.14 bits per heavy atom. The average molecular weight is 188 g/mol. The summed E-state index contributed by atoms with van der Waals surface area (Å²) in [7, 11) is 0. The maximum absolute atomic E-state index is 6.94. The topological polar surface area (TPSA) is 49.9 Å². The van der Waals surface area contributed by atoms with Crippen LogP contribution in [-0.2, 0) is 0 Å². The molecule has 0 aliphatic heterocycles. The third-order valence-electron chi connectivity index (χ3n) is 2.15. The molecule has 0 fully saturated rings. The highest BCUT2D eigenvalue weighted by Gasteiger charge is 2.01. The first-order chi connectivity index (χ1) is 6.65. The highest BCUT2D eigenvalue weighted by Crippen LogP contribution is 2.18. The lowest BCUT2D eigenvalue weighted by molar-refractivity contribution is 0.866. The lowest BCUT2D eigenvalue weighted by atomic mass is 10.00. The first-order valence-electron chi connectivity index (χ1n) is 4.71. The second kappa shape index (κ2) is 4.61. The van der Waals surface area contributed by atoms with Gasteiger partial charge in [-0.25, -0.2) is 0 Å². The van der Waals surface area contributed by atoms with Gasteiger partial charge in [0.1, 0.15) is 0 Å². The van der Waals surface area contributed by atoms with Gasteiger partial charge in [0.2, 0.25) is 0 Å². The smallest absolute Gasteiger partial charge is 0.0402 e. The van der Waals surface area contributed by atoms with Crippen LogP contribution < -0.4 is 5.73 Å². The lowest BCUT2D eigenvalue weighted by Crippen LogP contribution is -1.98. The highest BCUT2D eigenvalue weighted by molar-refractivity contribution is 5.81. The molecule has 0 aliphatic rings. The zero-order chi connectivity index (χ0) is 10.6. The van der Waals surface area contributed by atoms with E-state index in [1.54, 1.807) is 6.08 Å². The summed E-state index contributed by atoms with van der Waals surface area (Å²) in [4.78, 5) is 0. The highest BCUT2D eigenvalue weighted by atomic mass is 14.6. The number of benzene rings is 1. The minimum Gasteiger partial charge on any atom is -0.398 e. The van der Waals surface area contributed by atoms with Crippen molar-refractivity contribution < 1.29 is 0 Å². The Hall–Kier alpha value is -1.57. The molecule has 0 unspecified atom stereocenters. The third-order valence-corrected chi connectivity index (χ3v) is 2.15. The maximum atomic E-state index is 6.94. The van der Waals surface area contributed by atoms with E-state index in [2.05, 4.69) is 26.0 Å². The summed E-state index contributed by atoms with van der Waals surface area (Å²) in [6.45, 7) is 4.30. The summed E-state index contributed by atoms with van der Waals surface area (Å²) in [5.74, 6) is 0.503. The van der Waals surface area contributed by atoms with Crippen LogP contribution in [0, 0.1) is 5.41 Å². The van der Waals surface area contributed by atoms with Crippen molar-refractivity contribution in [3.8, 4) is 0 Å². The van der Waals surface area contributed by atoms with Crippen LogP contribution in [-0.4, -0.2) is 6.21 Å². The number of allylic oxidation sites excluding steroid dienone is 1. The SMILES string of the molecule is CC(C)c1cccc(/C(N)=C/C=N)c1. The Labute approximate surface area is 85.0 Å². The molecule has 1 rings (SSSR count). The molecule has 14 heavy (non-hydrogen) atoms. The van der Waals surface area contributed by atoms with E-state index in [0.29, 0.717) is 11.6 Å². The van der Waals surface area contributed by atoms with E-state index >= 15 is 0 Å². The van der Waals surface area contributed by atoms with Gasteiger partial charge in [-0.3, -0.25) is 0 Å². The first-order valence-corrected chi connectivity index (χ1v) is 4.71. The van der Waals surface area contributed by atoms with E-state index in [4.69, 9.17) is 11.1 Å². The standard InChI is InChI=1S/C12H16N2/c1-9(2)10-4-3-5-11(8-10)12(14)6-7-13/h3-9,13H,14H2,1-2H3/b12-6-,13-7?. The van der Waals surface area contributed by atoms with Crippen molar-refractivity contribution in [1.29, 1.82) is 5.41 Å². The number of nitrogens with one attached hydrogen (secondary N) is 1. The van der Waals surface area contributed by atoms with Gasteiger partial charge in [0.25, 0.3) is 0 Å². The van der Waals surface area contributed by atoms with Crippen molar-refractivity contribution >= 4 is 11.9 Å². The van der Waals surface area contributed by atoms with E-state index in [0.717, 1.165) is 5.56 Å². The number of hydrogen-bond acceptors (Lipinski definition) is 2. The molecule has 74 valence electrons. The lowest BCUT2D eigenvalue weighted by Gasteiger charge is -2.07. The zero-order valence-electron chi connectivity index (χ0n) is 8.62. The van der Waals surface area contributed by atoms with Crippen molar-refractivity contribution in [2.45, 2.75) is 19.8 Å². The van der Waals surface area contributed by atoms with Crippen LogP contribution in [0.15, 0.2) is 30.3 Å². The van der Waals surface area contributed by atoms with Gasteiger partial charge >= 0.3 is 0 Å². The Bertz CT molecular complexity index is 351. The second-order valence-electron chi connectivity index (χ2n) is 3.57. The molecule has 0 amide bonds. The molecule has 0 saturated carbocycles. The molecule has 2 heteroatoms. The van der Waals surface area contributed by atoms with Crippen LogP contribution in [0.25, 0.3) is 5.70 Å². The van der Waals surface area contributed by atoms with Gasteiger partial charge in [-0.05, 0) is 29.2 Å². The average Bonchev–Trinajstić information content (AvgIpc) is 2.18. The van der Waals surface area contributed by atoms with Crippen LogP contribution in [0.3, 0.4) is 0 Å². The minimum absolute atomic E-state index is 0.503. The van der Waals surface area contributed by atoms with Crippen molar-refractivity contribution in [2.24, 2.45) is 5.73 Å². The van der Waals surface area contributed by atoms with Gasteiger partial charge in [-0.15, -0.1) is 0 Å². The fourth-order valence-electron chi connectivity index (χ4n) is 1.26. The second-order valence-corrected chi connectivity index (χ2v) is 3.57. The molecule has 1 aromatic carbocycles. The van der Waals surface area contributed by atoms with Gasteiger partial charge in [-0.2, -0.15) is 0 Å². The van der Waals surface area contributed by atoms with Crippen molar-refractivity contribution in [3.63, 3.8) is 0 Å². The maximum Gasteiger partial charge on any atom is 0.0402 e. The Balaban J connectivity index is 3.05. The van der Waals surface area contributed by atoms with E-state index in [-0.39, 0.29) is 0 Å². The number of hydrogen-bond donors (Lipinski definition) is 2. The zero-order valence-corrected chi connectivity index (χ0v) is 8.62. The van der Waals surface area contributed by atoms with E-state index in [1.165, 1.54) is 11.8 Å². The normalized spacial score (nSPS) is 11.8. The molecule has 1 aromatic rings. The molecule has 0 saturated heterocycles. The molecule has 0 spiro atoms.